The number of amides is 1. The van der Waals surface area contributed by atoms with Crippen LogP contribution in [0.5, 0.6) is 0 Å². The minimum atomic E-state index is -4.49. The van der Waals surface area contributed by atoms with Gasteiger partial charge in [0.25, 0.3) is 21.8 Å². The van der Waals surface area contributed by atoms with Crippen molar-refractivity contribution in [3.05, 3.63) is 59.2 Å². The van der Waals surface area contributed by atoms with E-state index in [1.807, 2.05) is 0 Å². The van der Waals surface area contributed by atoms with Crippen molar-refractivity contribution < 1.29 is 32.5 Å². The number of carboxylic acids is 1. The second kappa shape index (κ2) is 7.29. The van der Waals surface area contributed by atoms with E-state index in [-0.39, 0.29) is 52.9 Å². The summed E-state index contributed by atoms with van der Waals surface area (Å²) in [7, 11) is -4.49. The van der Waals surface area contributed by atoms with E-state index >= 15 is 0 Å². The van der Waals surface area contributed by atoms with Crippen LogP contribution in [0.2, 0.25) is 0 Å². The zero-order valence-corrected chi connectivity index (χ0v) is 13.4. The van der Waals surface area contributed by atoms with Crippen molar-refractivity contribution in [1.29, 1.82) is 0 Å². The number of carbonyl (C=O) groups is 3. The molecular formula is C16H12NNaO7S. The van der Waals surface area contributed by atoms with Crippen molar-refractivity contribution in [3.63, 3.8) is 0 Å². The number of benzene rings is 2. The topological polar surface area (TPSA) is 129 Å². The summed E-state index contributed by atoms with van der Waals surface area (Å²) in [6.45, 7) is 0.0166. The normalized spacial score (nSPS) is 13.3. The fourth-order valence-electron chi connectivity index (χ4n) is 2.53. The molecule has 1 heterocycles. The maximum atomic E-state index is 12.2. The van der Waals surface area contributed by atoms with Crippen LogP contribution in [0, 0.1) is 0 Å². The van der Waals surface area contributed by atoms with Gasteiger partial charge in [-0.25, -0.2) is 4.79 Å². The summed E-state index contributed by atoms with van der Waals surface area (Å²) in [5, 5.41) is 8.88. The van der Waals surface area contributed by atoms with E-state index in [0.717, 1.165) is 12.1 Å². The number of hydrogen-bond acceptors (Lipinski definition) is 5. The van der Waals surface area contributed by atoms with E-state index in [0.29, 0.717) is 5.56 Å². The van der Waals surface area contributed by atoms with Gasteiger partial charge in [-0.2, -0.15) is 8.42 Å². The number of carboxylic acid groups (broad SMARTS) is 1. The molecule has 8 nitrogen and oxygen atoms in total. The molecule has 0 unspecified atom stereocenters. The van der Waals surface area contributed by atoms with Crippen molar-refractivity contribution in [1.82, 2.24) is 0 Å². The van der Waals surface area contributed by atoms with Crippen LogP contribution in [-0.2, 0) is 21.5 Å². The van der Waals surface area contributed by atoms with Crippen LogP contribution >= 0.6 is 0 Å². The molecule has 3 rings (SSSR count). The number of aromatic carboxylic acids is 1. The van der Waals surface area contributed by atoms with Crippen LogP contribution in [0.4, 0.5) is 5.69 Å². The number of fused-ring (bicyclic) bond motifs is 1. The second-order valence-corrected chi connectivity index (χ2v) is 6.80. The molecule has 0 saturated heterocycles. The minimum absolute atomic E-state index is 0. The molecular weight excluding hydrogens is 373 g/mol. The SMILES string of the molecule is O=C(O)c1ccc(CN2C(=O)C(=O)c3cc(S(=O)(=O)O)ccc32)cc1.[NaH]. The van der Waals surface area contributed by atoms with E-state index in [1.165, 1.54) is 35.2 Å². The molecule has 0 aliphatic carbocycles. The molecule has 0 aromatic heterocycles. The van der Waals surface area contributed by atoms with Crippen LogP contribution in [0.15, 0.2) is 47.4 Å². The zero-order chi connectivity index (χ0) is 18.4. The molecule has 0 saturated carbocycles. The summed E-state index contributed by atoms with van der Waals surface area (Å²) in [5.74, 6) is -2.78. The van der Waals surface area contributed by atoms with Gasteiger partial charge in [0.1, 0.15) is 0 Å². The van der Waals surface area contributed by atoms with Gasteiger partial charge in [0.2, 0.25) is 0 Å². The number of anilines is 1. The molecule has 2 N–H and O–H groups in total. The van der Waals surface area contributed by atoms with Gasteiger partial charge in [-0.05, 0) is 35.9 Å². The van der Waals surface area contributed by atoms with Crippen LogP contribution in [0.1, 0.15) is 26.3 Å². The predicted octanol–water partition coefficient (Wildman–Crippen LogP) is 0.713. The number of hydrogen-bond donors (Lipinski definition) is 2. The van der Waals surface area contributed by atoms with Crippen molar-refractivity contribution in [3.8, 4) is 0 Å². The Kier molecular flexibility index (Phi) is 5.69. The van der Waals surface area contributed by atoms with Gasteiger partial charge in [0.15, 0.2) is 0 Å². The Labute approximate surface area is 170 Å². The summed E-state index contributed by atoms with van der Waals surface area (Å²) in [5.41, 5.74) is 0.801. The average molecular weight is 385 g/mol. The van der Waals surface area contributed by atoms with E-state index < -0.39 is 32.7 Å². The van der Waals surface area contributed by atoms with Gasteiger partial charge in [0.05, 0.1) is 28.3 Å². The van der Waals surface area contributed by atoms with Gasteiger partial charge >= 0.3 is 35.5 Å². The maximum absolute atomic E-state index is 12.2. The first-order valence-electron chi connectivity index (χ1n) is 6.98. The number of carbonyl (C=O) groups excluding carboxylic acids is 2. The summed E-state index contributed by atoms with van der Waals surface area (Å²) in [4.78, 5) is 35.8. The molecule has 2 aromatic rings. The Bertz CT molecular complexity index is 1020. The van der Waals surface area contributed by atoms with Crippen LogP contribution in [0.25, 0.3) is 0 Å². The molecule has 1 amide bonds. The molecule has 26 heavy (non-hydrogen) atoms. The fourth-order valence-corrected chi connectivity index (χ4v) is 3.04. The third kappa shape index (κ3) is 3.71. The van der Waals surface area contributed by atoms with Crippen molar-refractivity contribution >= 4 is 63.0 Å². The summed E-state index contributed by atoms with van der Waals surface area (Å²) in [6.07, 6.45) is 0. The summed E-state index contributed by atoms with van der Waals surface area (Å²) in [6, 6.07) is 9.12. The number of nitrogens with zero attached hydrogens (tertiary/aromatic N) is 1. The number of Topliss-reactive ketones (excluding diaryl/α,β-unsaturated/α-hetero) is 1. The Morgan fingerprint density at radius 1 is 1.04 bits per heavy atom. The molecule has 0 bridgehead atoms. The number of ketones is 1. The van der Waals surface area contributed by atoms with Crippen molar-refractivity contribution in [2.24, 2.45) is 0 Å². The number of rotatable bonds is 4. The second-order valence-electron chi connectivity index (χ2n) is 5.38. The van der Waals surface area contributed by atoms with E-state index in [9.17, 15) is 22.8 Å². The van der Waals surface area contributed by atoms with Gasteiger partial charge in [-0.15, -0.1) is 0 Å². The van der Waals surface area contributed by atoms with Gasteiger partial charge in [-0.1, -0.05) is 12.1 Å². The Balaban J connectivity index is 0.00000243. The molecule has 0 spiro atoms. The van der Waals surface area contributed by atoms with Gasteiger partial charge in [-0.3, -0.25) is 14.1 Å². The molecule has 1 aliphatic heterocycles. The molecule has 10 heteroatoms. The fraction of sp³-hybridized carbons (Fsp3) is 0.0625. The molecule has 130 valence electrons. The Morgan fingerprint density at radius 2 is 1.65 bits per heavy atom. The van der Waals surface area contributed by atoms with Crippen LogP contribution in [0.3, 0.4) is 0 Å². The van der Waals surface area contributed by atoms with E-state index in [1.54, 1.807) is 0 Å². The average Bonchev–Trinajstić information content (AvgIpc) is 2.79. The Hall–Kier alpha value is -2.04. The van der Waals surface area contributed by atoms with E-state index in [2.05, 4.69) is 0 Å². The first kappa shape index (κ1) is 20.3. The van der Waals surface area contributed by atoms with Crippen molar-refractivity contribution in [2.75, 3.05) is 4.90 Å². The standard InChI is InChI=1S/C16H11NO7S.Na.H/c18-14-12-7-11(25(22,23)24)5-6-13(12)17(15(14)19)8-9-1-3-10(4-2-9)16(20)21;;/h1-7H,8H2,(H,20,21)(H,22,23,24);;. The predicted molar refractivity (Wildman–Crippen MR) is 92.3 cm³/mol. The third-order valence-corrected chi connectivity index (χ3v) is 4.63. The van der Waals surface area contributed by atoms with E-state index in [4.69, 9.17) is 9.66 Å². The first-order chi connectivity index (χ1) is 11.7. The molecule has 2 aromatic carbocycles. The third-order valence-electron chi connectivity index (χ3n) is 3.78. The van der Waals surface area contributed by atoms with Crippen LogP contribution in [-0.4, -0.2) is 65.3 Å². The summed E-state index contributed by atoms with van der Waals surface area (Å²) >= 11 is 0. The molecule has 1 aliphatic rings. The Morgan fingerprint density at radius 3 is 2.19 bits per heavy atom. The molecule has 0 fully saturated rings. The zero-order valence-electron chi connectivity index (χ0n) is 12.5. The quantitative estimate of drug-likeness (QED) is 0.450. The van der Waals surface area contributed by atoms with Gasteiger partial charge in [0, 0.05) is 0 Å². The summed E-state index contributed by atoms with van der Waals surface area (Å²) < 4.78 is 31.4. The van der Waals surface area contributed by atoms with Crippen molar-refractivity contribution in [2.45, 2.75) is 11.4 Å². The van der Waals surface area contributed by atoms with Gasteiger partial charge < -0.3 is 10.0 Å². The monoisotopic (exact) mass is 385 g/mol. The van der Waals surface area contributed by atoms with Crippen LogP contribution < -0.4 is 4.90 Å². The molecule has 0 atom stereocenters. The first-order valence-corrected chi connectivity index (χ1v) is 8.42. The molecule has 0 radical (unpaired) electrons.